The van der Waals surface area contributed by atoms with Gasteiger partial charge in [0.2, 0.25) is 0 Å². The van der Waals surface area contributed by atoms with Gasteiger partial charge in [-0.3, -0.25) is 4.98 Å². The summed E-state index contributed by atoms with van der Waals surface area (Å²) < 4.78 is 13.0. The van der Waals surface area contributed by atoms with Gasteiger partial charge in [0, 0.05) is 18.4 Å². The van der Waals surface area contributed by atoms with Crippen molar-refractivity contribution in [3.63, 3.8) is 0 Å². The van der Waals surface area contributed by atoms with Crippen LogP contribution in [-0.2, 0) is 13.1 Å². The van der Waals surface area contributed by atoms with Crippen LogP contribution in [0.3, 0.4) is 0 Å². The van der Waals surface area contributed by atoms with Gasteiger partial charge in [-0.2, -0.15) is 0 Å². The molecule has 3 nitrogen and oxygen atoms in total. The molecule has 4 heteroatoms. The Morgan fingerprint density at radius 2 is 2.12 bits per heavy atom. The molecule has 1 aromatic carbocycles. The second kappa shape index (κ2) is 5.41. The Bertz CT molecular complexity index is 500. The molecule has 0 aliphatic heterocycles. The molecule has 2 aromatic rings. The minimum atomic E-state index is -0.255. The Labute approximate surface area is 99.5 Å². The van der Waals surface area contributed by atoms with Crippen molar-refractivity contribution in [3.05, 3.63) is 59.7 Å². The van der Waals surface area contributed by atoms with Crippen molar-refractivity contribution in [2.45, 2.75) is 13.1 Å². The van der Waals surface area contributed by atoms with Gasteiger partial charge in [-0.15, -0.1) is 0 Å². The van der Waals surface area contributed by atoms with Gasteiger partial charge in [0.1, 0.15) is 5.82 Å². The number of halogens is 1. The van der Waals surface area contributed by atoms with Crippen LogP contribution in [0.25, 0.3) is 0 Å². The van der Waals surface area contributed by atoms with Crippen molar-refractivity contribution in [1.82, 2.24) is 4.98 Å². The van der Waals surface area contributed by atoms with E-state index in [0.717, 1.165) is 16.9 Å². The quantitative estimate of drug-likeness (QED) is 0.848. The molecule has 0 saturated carbocycles. The van der Waals surface area contributed by atoms with Gasteiger partial charge in [-0.05, 0) is 29.8 Å². The summed E-state index contributed by atoms with van der Waals surface area (Å²) >= 11 is 0. The molecule has 0 atom stereocenters. The van der Waals surface area contributed by atoms with Gasteiger partial charge < -0.3 is 11.1 Å². The maximum atomic E-state index is 13.0. The molecule has 0 spiro atoms. The zero-order valence-electron chi connectivity index (χ0n) is 9.36. The topological polar surface area (TPSA) is 50.9 Å². The summed E-state index contributed by atoms with van der Waals surface area (Å²) in [5.41, 5.74) is 8.24. The summed E-state index contributed by atoms with van der Waals surface area (Å²) in [6.07, 6.45) is 1.72. The number of nitrogens with one attached hydrogen (secondary N) is 1. The fraction of sp³-hybridized carbons (Fsp3) is 0.154. The average Bonchev–Trinajstić information content (AvgIpc) is 2.37. The lowest BCUT2D eigenvalue weighted by molar-refractivity contribution is 0.628. The van der Waals surface area contributed by atoms with Gasteiger partial charge in [-0.25, -0.2) is 4.39 Å². The van der Waals surface area contributed by atoms with E-state index in [1.165, 1.54) is 12.1 Å². The van der Waals surface area contributed by atoms with Crippen LogP contribution in [-0.4, -0.2) is 4.98 Å². The van der Waals surface area contributed by atoms with E-state index in [1.54, 1.807) is 12.3 Å². The Kier molecular flexibility index (Phi) is 3.67. The molecular formula is C13H14FN3. The smallest absolute Gasteiger partial charge is 0.125 e. The first-order valence-electron chi connectivity index (χ1n) is 5.42. The molecule has 0 fully saturated rings. The fourth-order valence-corrected chi connectivity index (χ4v) is 1.60. The Morgan fingerprint density at radius 3 is 2.88 bits per heavy atom. The van der Waals surface area contributed by atoms with Crippen LogP contribution in [0.5, 0.6) is 0 Å². The largest absolute Gasteiger partial charge is 0.379 e. The lowest BCUT2D eigenvalue weighted by atomic mass is 10.2. The van der Waals surface area contributed by atoms with Crippen LogP contribution >= 0.6 is 0 Å². The van der Waals surface area contributed by atoms with E-state index in [1.807, 2.05) is 18.2 Å². The molecule has 0 aliphatic rings. The third-order valence-electron chi connectivity index (χ3n) is 2.49. The number of nitrogens with zero attached hydrogens (tertiary/aromatic N) is 1. The number of rotatable bonds is 4. The normalized spacial score (nSPS) is 10.2. The third kappa shape index (κ3) is 3.01. The van der Waals surface area contributed by atoms with Crippen LogP contribution in [0, 0.1) is 5.82 Å². The lowest BCUT2D eigenvalue weighted by Crippen LogP contribution is -2.08. The number of aromatic nitrogens is 1. The molecule has 3 N–H and O–H groups in total. The van der Waals surface area contributed by atoms with Crippen LogP contribution in [0.2, 0.25) is 0 Å². The van der Waals surface area contributed by atoms with Gasteiger partial charge >= 0.3 is 0 Å². The predicted molar refractivity (Wildman–Crippen MR) is 65.9 cm³/mol. The Balaban J connectivity index is 2.07. The number of pyridine rings is 1. The van der Waals surface area contributed by atoms with E-state index >= 15 is 0 Å². The van der Waals surface area contributed by atoms with E-state index in [4.69, 9.17) is 5.73 Å². The number of nitrogens with two attached hydrogens (primary N) is 1. The van der Waals surface area contributed by atoms with Crippen molar-refractivity contribution >= 4 is 5.69 Å². The van der Waals surface area contributed by atoms with Crippen molar-refractivity contribution in [2.75, 3.05) is 5.32 Å². The SMILES string of the molecule is NCc1cccnc1CNc1cccc(F)c1. The lowest BCUT2D eigenvalue weighted by Gasteiger charge is -2.09. The molecular weight excluding hydrogens is 217 g/mol. The number of anilines is 1. The molecule has 1 aromatic heterocycles. The Morgan fingerprint density at radius 1 is 1.24 bits per heavy atom. The molecule has 2 rings (SSSR count). The second-order valence-electron chi connectivity index (χ2n) is 3.68. The minimum absolute atomic E-state index is 0.255. The standard InChI is InChI=1S/C13H14FN3/c14-11-4-1-5-12(7-11)17-9-13-10(8-15)3-2-6-16-13/h1-7,17H,8-9,15H2. The molecule has 1 heterocycles. The van der Waals surface area contributed by atoms with Crippen molar-refractivity contribution in [3.8, 4) is 0 Å². The van der Waals surface area contributed by atoms with E-state index in [9.17, 15) is 4.39 Å². The Hall–Kier alpha value is -1.94. The summed E-state index contributed by atoms with van der Waals surface area (Å²) in [6.45, 7) is 0.991. The fourth-order valence-electron chi connectivity index (χ4n) is 1.60. The minimum Gasteiger partial charge on any atom is -0.379 e. The maximum Gasteiger partial charge on any atom is 0.125 e. The van der Waals surface area contributed by atoms with Crippen LogP contribution < -0.4 is 11.1 Å². The van der Waals surface area contributed by atoms with Gasteiger partial charge in [0.05, 0.1) is 12.2 Å². The van der Waals surface area contributed by atoms with Crippen LogP contribution in [0.4, 0.5) is 10.1 Å². The van der Waals surface area contributed by atoms with E-state index in [-0.39, 0.29) is 5.82 Å². The maximum absolute atomic E-state index is 13.0. The molecule has 88 valence electrons. The highest BCUT2D eigenvalue weighted by molar-refractivity contribution is 5.43. The highest BCUT2D eigenvalue weighted by atomic mass is 19.1. The van der Waals surface area contributed by atoms with Crippen molar-refractivity contribution in [1.29, 1.82) is 0 Å². The van der Waals surface area contributed by atoms with Gasteiger partial charge in [0.25, 0.3) is 0 Å². The summed E-state index contributed by atoms with van der Waals surface area (Å²) in [7, 11) is 0. The first-order chi connectivity index (χ1) is 8.29. The number of hydrogen-bond donors (Lipinski definition) is 2. The first-order valence-corrected chi connectivity index (χ1v) is 5.42. The molecule has 0 aliphatic carbocycles. The van der Waals surface area contributed by atoms with Crippen LogP contribution in [0.1, 0.15) is 11.3 Å². The molecule has 0 bridgehead atoms. The second-order valence-corrected chi connectivity index (χ2v) is 3.68. The summed E-state index contributed by atoms with van der Waals surface area (Å²) in [6, 6.07) is 10.1. The highest BCUT2D eigenvalue weighted by Gasteiger charge is 2.01. The highest BCUT2D eigenvalue weighted by Crippen LogP contribution is 2.11. The zero-order valence-corrected chi connectivity index (χ0v) is 9.36. The summed E-state index contributed by atoms with van der Waals surface area (Å²) in [5.74, 6) is -0.255. The van der Waals surface area contributed by atoms with E-state index in [0.29, 0.717) is 13.1 Å². The van der Waals surface area contributed by atoms with Gasteiger partial charge in [-0.1, -0.05) is 12.1 Å². The van der Waals surface area contributed by atoms with E-state index < -0.39 is 0 Å². The molecule has 0 amide bonds. The first kappa shape index (κ1) is 11.5. The van der Waals surface area contributed by atoms with Gasteiger partial charge in [0.15, 0.2) is 0 Å². The summed E-state index contributed by atoms with van der Waals surface area (Å²) in [5, 5.41) is 3.12. The van der Waals surface area contributed by atoms with Crippen LogP contribution in [0.15, 0.2) is 42.6 Å². The molecule has 0 radical (unpaired) electrons. The third-order valence-corrected chi connectivity index (χ3v) is 2.49. The number of benzene rings is 1. The average molecular weight is 231 g/mol. The van der Waals surface area contributed by atoms with E-state index in [2.05, 4.69) is 10.3 Å². The van der Waals surface area contributed by atoms with Crippen molar-refractivity contribution in [2.24, 2.45) is 5.73 Å². The zero-order chi connectivity index (χ0) is 12.1. The molecule has 0 saturated heterocycles. The number of hydrogen-bond acceptors (Lipinski definition) is 3. The predicted octanol–water partition coefficient (Wildman–Crippen LogP) is 2.29. The molecule has 17 heavy (non-hydrogen) atoms. The molecule has 0 unspecified atom stereocenters. The van der Waals surface area contributed by atoms with Crippen molar-refractivity contribution < 1.29 is 4.39 Å². The monoisotopic (exact) mass is 231 g/mol. The summed E-state index contributed by atoms with van der Waals surface area (Å²) in [4.78, 5) is 4.25.